The molecule has 6 nitrogen and oxygen atoms in total. The highest BCUT2D eigenvalue weighted by molar-refractivity contribution is 6.30. The molecular formula is C18H22ClN5O. The Kier molecular flexibility index (Phi) is 5.73. The highest BCUT2D eigenvalue weighted by Gasteiger charge is 2.22. The lowest BCUT2D eigenvalue weighted by Gasteiger charge is -2.37. The lowest BCUT2D eigenvalue weighted by molar-refractivity contribution is 0.194. The number of carbonyl (C=O) groups excluding carboxylic acids is 1. The molecular weight excluding hydrogens is 338 g/mol. The first-order valence-corrected chi connectivity index (χ1v) is 8.70. The first kappa shape index (κ1) is 17.5. The fraction of sp³-hybridized carbons (Fsp3) is 0.333. The van der Waals surface area contributed by atoms with E-state index in [1.54, 1.807) is 12.4 Å². The van der Waals surface area contributed by atoms with Crippen LogP contribution in [0.25, 0.3) is 0 Å². The van der Waals surface area contributed by atoms with Gasteiger partial charge in [0.05, 0.1) is 0 Å². The van der Waals surface area contributed by atoms with Crippen LogP contribution in [0.2, 0.25) is 5.02 Å². The van der Waals surface area contributed by atoms with Gasteiger partial charge < -0.3 is 20.9 Å². The van der Waals surface area contributed by atoms with Gasteiger partial charge in [-0.2, -0.15) is 0 Å². The summed E-state index contributed by atoms with van der Waals surface area (Å²) in [6.07, 6.45) is 3.47. The maximum absolute atomic E-state index is 12.3. The Balaban J connectivity index is 1.55. The Morgan fingerprint density at radius 1 is 1.24 bits per heavy atom. The summed E-state index contributed by atoms with van der Waals surface area (Å²) in [7, 11) is 0. The number of amides is 2. The van der Waals surface area contributed by atoms with E-state index in [0.29, 0.717) is 31.2 Å². The third kappa shape index (κ3) is 4.41. The summed E-state index contributed by atoms with van der Waals surface area (Å²) in [5.74, 6) is 0. The number of carbonyl (C=O) groups is 1. The maximum Gasteiger partial charge on any atom is 0.317 e. The lowest BCUT2D eigenvalue weighted by atomic mass is 10.1. The molecule has 2 heterocycles. The predicted molar refractivity (Wildman–Crippen MR) is 99.6 cm³/mol. The summed E-state index contributed by atoms with van der Waals surface area (Å²) in [5, 5.41) is 3.64. The number of nitrogens with one attached hydrogen (secondary N) is 1. The van der Waals surface area contributed by atoms with Crippen LogP contribution < -0.4 is 16.0 Å². The molecule has 3 N–H and O–H groups in total. The van der Waals surface area contributed by atoms with E-state index in [-0.39, 0.29) is 6.03 Å². The normalized spacial score (nSPS) is 14.5. The summed E-state index contributed by atoms with van der Waals surface area (Å²) >= 11 is 6.12. The molecule has 0 unspecified atom stereocenters. The van der Waals surface area contributed by atoms with Gasteiger partial charge in [0.1, 0.15) is 0 Å². The third-order valence-electron chi connectivity index (χ3n) is 4.34. The fourth-order valence-corrected chi connectivity index (χ4v) is 3.11. The van der Waals surface area contributed by atoms with Crippen molar-refractivity contribution in [1.29, 1.82) is 0 Å². The quantitative estimate of drug-likeness (QED) is 0.877. The van der Waals surface area contributed by atoms with Gasteiger partial charge in [0, 0.05) is 62.4 Å². The van der Waals surface area contributed by atoms with Gasteiger partial charge in [-0.05, 0) is 29.3 Å². The van der Waals surface area contributed by atoms with Crippen LogP contribution in [0.5, 0.6) is 0 Å². The minimum Gasteiger partial charge on any atom is -0.368 e. The average molecular weight is 360 g/mol. The molecule has 2 aromatic rings. The van der Waals surface area contributed by atoms with Crippen molar-refractivity contribution in [2.24, 2.45) is 5.73 Å². The van der Waals surface area contributed by atoms with Crippen molar-refractivity contribution in [2.75, 3.05) is 31.1 Å². The summed E-state index contributed by atoms with van der Waals surface area (Å²) in [6, 6.07) is 9.52. The number of aromatic nitrogens is 1. The highest BCUT2D eigenvalue weighted by Crippen LogP contribution is 2.25. The molecule has 0 spiro atoms. The van der Waals surface area contributed by atoms with Crippen molar-refractivity contribution in [3.05, 3.63) is 58.9 Å². The molecule has 3 rings (SSSR count). The standard InChI is InChI=1S/C18H22ClN5O/c19-16-4-3-15(11-20)17(10-16)23-6-8-24(9-7-23)18(25)22-13-14-2-1-5-21-12-14/h1-5,10,12H,6-9,11,13,20H2,(H,22,25). The number of benzene rings is 1. The summed E-state index contributed by atoms with van der Waals surface area (Å²) < 4.78 is 0. The number of rotatable bonds is 4. The summed E-state index contributed by atoms with van der Waals surface area (Å²) in [5.41, 5.74) is 8.94. The van der Waals surface area contributed by atoms with Crippen molar-refractivity contribution < 1.29 is 4.79 Å². The van der Waals surface area contributed by atoms with Crippen LogP contribution in [-0.2, 0) is 13.1 Å². The minimum absolute atomic E-state index is 0.0476. The fourth-order valence-electron chi connectivity index (χ4n) is 2.95. The number of hydrogen-bond donors (Lipinski definition) is 2. The number of nitrogens with zero attached hydrogens (tertiary/aromatic N) is 3. The zero-order valence-electron chi connectivity index (χ0n) is 14.0. The molecule has 132 valence electrons. The number of urea groups is 1. The second-order valence-corrected chi connectivity index (χ2v) is 6.41. The topological polar surface area (TPSA) is 74.5 Å². The van der Waals surface area contributed by atoms with Crippen LogP contribution in [0.1, 0.15) is 11.1 Å². The largest absolute Gasteiger partial charge is 0.368 e. The summed E-state index contributed by atoms with van der Waals surface area (Å²) in [6.45, 7) is 3.79. The van der Waals surface area contributed by atoms with Crippen LogP contribution in [0.3, 0.4) is 0 Å². The van der Waals surface area contributed by atoms with Crippen LogP contribution in [0.4, 0.5) is 10.5 Å². The van der Waals surface area contributed by atoms with Gasteiger partial charge in [-0.25, -0.2) is 4.79 Å². The Bertz CT molecular complexity index is 717. The first-order chi connectivity index (χ1) is 12.2. The van der Waals surface area contributed by atoms with E-state index in [0.717, 1.165) is 29.9 Å². The molecule has 0 atom stereocenters. The minimum atomic E-state index is -0.0476. The molecule has 0 radical (unpaired) electrons. The third-order valence-corrected chi connectivity index (χ3v) is 4.58. The van der Waals surface area contributed by atoms with Crippen molar-refractivity contribution in [2.45, 2.75) is 13.1 Å². The van der Waals surface area contributed by atoms with Gasteiger partial charge in [-0.3, -0.25) is 4.98 Å². The number of hydrogen-bond acceptors (Lipinski definition) is 4. The second kappa shape index (κ2) is 8.18. The van der Waals surface area contributed by atoms with Gasteiger partial charge in [0.15, 0.2) is 0 Å². The van der Waals surface area contributed by atoms with E-state index in [1.807, 2.05) is 35.2 Å². The number of piperazine rings is 1. The van der Waals surface area contributed by atoms with Crippen LogP contribution in [0.15, 0.2) is 42.7 Å². The molecule has 1 fully saturated rings. The molecule has 7 heteroatoms. The SMILES string of the molecule is NCc1ccc(Cl)cc1N1CCN(C(=O)NCc2cccnc2)CC1. The first-order valence-electron chi connectivity index (χ1n) is 8.32. The van der Waals surface area contributed by atoms with E-state index in [2.05, 4.69) is 15.2 Å². The number of pyridine rings is 1. The van der Waals surface area contributed by atoms with E-state index >= 15 is 0 Å². The molecule has 1 aromatic carbocycles. The Morgan fingerprint density at radius 3 is 2.72 bits per heavy atom. The van der Waals surface area contributed by atoms with Crippen molar-refractivity contribution in [3.63, 3.8) is 0 Å². The van der Waals surface area contributed by atoms with E-state index in [4.69, 9.17) is 17.3 Å². The van der Waals surface area contributed by atoms with Gasteiger partial charge in [0.25, 0.3) is 0 Å². The van der Waals surface area contributed by atoms with E-state index in [1.165, 1.54) is 0 Å². The average Bonchev–Trinajstić information content (AvgIpc) is 2.67. The summed E-state index contributed by atoms with van der Waals surface area (Å²) in [4.78, 5) is 20.4. The van der Waals surface area contributed by atoms with E-state index < -0.39 is 0 Å². The molecule has 1 aliphatic heterocycles. The zero-order chi connectivity index (χ0) is 17.6. The Hall–Kier alpha value is -2.31. The molecule has 2 amide bonds. The van der Waals surface area contributed by atoms with Gasteiger partial charge in [-0.15, -0.1) is 0 Å². The molecule has 25 heavy (non-hydrogen) atoms. The predicted octanol–water partition coefficient (Wildman–Crippen LogP) is 2.23. The van der Waals surface area contributed by atoms with Gasteiger partial charge in [0.2, 0.25) is 0 Å². The van der Waals surface area contributed by atoms with Crippen molar-refractivity contribution in [3.8, 4) is 0 Å². The van der Waals surface area contributed by atoms with Crippen molar-refractivity contribution in [1.82, 2.24) is 15.2 Å². The van der Waals surface area contributed by atoms with Gasteiger partial charge in [-0.1, -0.05) is 23.7 Å². The van der Waals surface area contributed by atoms with Crippen LogP contribution >= 0.6 is 11.6 Å². The Morgan fingerprint density at radius 2 is 2.04 bits per heavy atom. The van der Waals surface area contributed by atoms with Crippen LogP contribution in [-0.4, -0.2) is 42.1 Å². The van der Waals surface area contributed by atoms with E-state index in [9.17, 15) is 4.79 Å². The second-order valence-electron chi connectivity index (χ2n) is 5.97. The van der Waals surface area contributed by atoms with Crippen molar-refractivity contribution >= 4 is 23.3 Å². The van der Waals surface area contributed by atoms with Crippen LogP contribution in [0, 0.1) is 0 Å². The highest BCUT2D eigenvalue weighted by atomic mass is 35.5. The molecule has 0 saturated carbocycles. The zero-order valence-corrected chi connectivity index (χ0v) is 14.7. The monoisotopic (exact) mass is 359 g/mol. The molecule has 1 aliphatic rings. The molecule has 0 bridgehead atoms. The molecule has 0 aliphatic carbocycles. The number of halogens is 1. The smallest absolute Gasteiger partial charge is 0.317 e. The maximum atomic E-state index is 12.3. The molecule has 1 saturated heterocycles. The number of nitrogens with two attached hydrogens (primary N) is 1. The molecule has 1 aromatic heterocycles. The van der Waals surface area contributed by atoms with Gasteiger partial charge >= 0.3 is 6.03 Å². The lowest BCUT2D eigenvalue weighted by Crippen LogP contribution is -2.52. The Labute approximate surface area is 152 Å². The number of anilines is 1.